The van der Waals surface area contributed by atoms with Gasteiger partial charge in [-0.25, -0.2) is 9.59 Å². The van der Waals surface area contributed by atoms with Crippen LogP contribution in [0.25, 0.3) is 6.08 Å². The molecule has 0 aromatic heterocycles. The Bertz CT molecular complexity index is 655. The highest BCUT2D eigenvalue weighted by Crippen LogP contribution is 2.25. The van der Waals surface area contributed by atoms with Crippen molar-refractivity contribution in [3.63, 3.8) is 0 Å². The van der Waals surface area contributed by atoms with Crippen LogP contribution < -0.4 is 0 Å². The van der Waals surface area contributed by atoms with Gasteiger partial charge in [0.15, 0.2) is 0 Å². The van der Waals surface area contributed by atoms with Crippen molar-refractivity contribution < 1.29 is 19.4 Å². The molecule has 5 nitrogen and oxygen atoms in total. The number of benzene rings is 1. The highest BCUT2D eigenvalue weighted by molar-refractivity contribution is 5.91. The Balaban J connectivity index is 2.22. The third-order valence-corrected chi connectivity index (χ3v) is 3.66. The first-order valence-electron chi connectivity index (χ1n) is 7.67. The fourth-order valence-corrected chi connectivity index (χ4v) is 2.55. The Hall–Kier alpha value is -2.30. The zero-order valence-corrected chi connectivity index (χ0v) is 14.0. The summed E-state index contributed by atoms with van der Waals surface area (Å²) in [7, 11) is 0. The van der Waals surface area contributed by atoms with Gasteiger partial charge in [0, 0.05) is 18.7 Å². The van der Waals surface area contributed by atoms with E-state index in [1.54, 1.807) is 17.9 Å². The number of hydrogen-bond acceptors (Lipinski definition) is 3. The van der Waals surface area contributed by atoms with Crippen LogP contribution >= 0.6 is 0 Å². The van der Waals surface area contributed by atoms with Crippen molar-refractivity contribution in [2.45, 2.75) is 46.3 Å². The fraction of sp³-hybridized carbons (Fsp3) is 0.444. The van der Waals surface area contributed by atoms with Crippen LogP contribution in [0.2, 0.25) is 0 Å². The minimum Gasteiger partial charge on any atom is -0.478 e. The van der Waals surface area contributed by atoms with Gasteiger partial charge in [0.1, 0.15) is 5.60 Å². The van der Waals surface area contributed by atoms with Crippen LogP contribution in [0.5, 0.6) is 0 Å². The number of amides is 1. The number of carbonyl (C=O) groups excluding carboxylic acids is 1. The summed E-state index contributed by atoms with van der Waals surface area (Å²) in [5.41, 5.74) is 2.83. The highest BCUT2D eigenvalue weighted by Gasteiger charge is 2.26. The first kappa shape index (κ1) is 17.1. The molecule has 0 unspecified atom stereocenters. The summed E-state index contributed by atoms with van der Waals surface area (Å²) >= 11 is 0. The number of rotatable bonds is 2. The molecule has 1 N–H and O–H groups in total. The summed E-state index contributed by atoms with van der Waals surface area (Å²) in [6.45, 7) is 8.18. The standard InChI is InChI=1S/C18H23NO4/c1-12(16(20)21)10-13-6-5-7-14-11-19(9-8-15(13)14)17(22)23-18(2,3)4/h5-7,10H,8-9,11H2,1-4H3,(H,20,21)/b12-10+. The van der Waals surface area contributed by atoms with Crippen LogP contribution in [0.15, 0.2) is 23.8 Å². The van der Waals surface area contributed by atoms with E-state index in [1.165, 1.54) is 0 Å². The minimum absolute atomic E-state index is 0.299. The lowest BCUT2D eigenvalue weighted by Crippen LogP contribution is -2.40. The maximum Gasteiger partial charge on any atom is 0.410 e. The van der Waals surface area contributed by atoms with Gasteiger partial charge in [-0.1, -0.05) is 18.2 Å². The molecule has 0 aliphatic carbocycles. The van der Waals surface area contributed by atoms with Gasteiger partial charge in [0.2, 0.25) is 0 Å². The van der Waals surface area contributed by atoms with Gasteiger partial charge in [-0.3, -0.25) is 0 Å². The molecule has 1 aromatic rings. The Morgan fingerprint density at radius 1 is 1.30 bits per heavy atom. The van der Waals surface area contributed by atoms with Crippen molar-refractivity contribution in [2.75, 3.05) is 6.54 Å². The van der Waals surface area contributed by atoms with E-state index in [0.717, 1.165) is 16.7 Å². The molecule has 0 saturated heterocycles. The number of carbonyl (C=O) groups is 2. The van der Waals surface area contributed by atoms with Gasteiger partial charge in [0.05, 0.1) is 0 Å². The minimum atomic E-state index is -0.922. The average molecular weight is 317 g/mol. The lowest BCUT2D eigenvalue weighted by atomic mass is 9.93. The van der Waals surface area contributed by atoms with Crippen molar-refractivity contribution in [1.29, 1.82) is 0 Å². The Morgan fingerprint density at radius 2 is 2.00 bits per heavy atom. The molecular formula is C18H23NO4. The smallest absolute Gasteiger partial charge is 0.410 e. The quantitative estimate of drug-likeness (QED) is 0.848. The van der Waals surface area contributed by atoms with E-state index in [-0.39, 0.29) is 6.09 Å². The SMILES string of the molecule is C/C(=C\c1cccc2c1CCN(C(=O)OC(C)(C)C)C2)C(=O)O. The van der Waals surface area contributed by atoms with Crippen molar-refractivity contribution in [2.24, 2.45) is 0 Å². The van der Waals surface area contributed by atoms with E-state index in [9.17, 15) is 9.59 Å². The summed E-state index contributed by atoms with van der Waals surface area (Å²) < 4.78 is 5.42. The van der Waals surface area contributed by atoms with E-state index in [4.69, 9.17) is 9.84 Å². The molecule has 0 bridgehead atoms. The predicted molar refractivity (Wildman–Crippen MR) is 88.1 cm³/mol. The number of carboxylic acid groups (broad SMARTS) is 1. The van der Waals surface area contributed by atoms with Crippen LogP contribution in [-0.2, 0) is 22.5 Å². The molecule has 0 atom stereocenters. The summed E-state index contributed by atoms with van der Waals surface area (Å²) in [4.78, 5) is 24.9. The Kier molecular flexibility index (Phi) is 4.78. The van der Waals surface area contributed by atoms with E-state index in [2.05, 4.69) is 0 Å². The topological polar surface area (TPSA) is 66.8 Å². The number of nitrogens with zero attached hydrogens (tertiary/aromatic N) is 1. The summed E-state index contributed by atoms with van der Waals surface area (Å²) in [5.74, 6) is -0.922. The summed E-state index contributed by atoms with van der Waals surface area (Å²) in [6, 6.07) is 5.77. The largest absolute Gasteiger partial charge is 0.478 e. The number of aliphatic carboxylic acids is 1. The van der Waals surface area contributed by atoms with Crippen LogP contribution in [-0.4, -0.2) is 34.2 Å². The van der Waals surface area contributed by atoms with Gasteiger partial charge in [-0.05, 0) is 56.9 Å². The molecule has 0 spiro atoms. The first-order valence-corrected chi connectivity index (χ1v) is 7.67. The van der Waals surface area contributed by atoms with Crippen molar-refractivity contribution in [1.82, 2.24) is 4.90 Å². The van der Waals surface area contributed by atoms with Gasteiger partial charge < -0.3 is 14.7 Å². The van der Waals surface area contributed by atoms with Crippen LogP contribution in [0.4, 0.5) is 4.79 Å². The number of carboxylic acids is 1. The van der Waals surface area contributed by atoms with Gasteiger partial charge in [0.25, 0.3) is 0 Å². The summed E-state index contributed by atoms with van der Waals surface area (Å²) in [5, 5.41) is 9.03. The van der Waals surface area contributed by atoms with Crippen molar-refractivity contribution in [3.05, 3.63) is 40.5 Å². The predicted octanol–water partition coefficient (Wildman–Crippen LogP) is 3.47. The van der Waals surface area contributed by atoms with E-state index < -0.39 is 11.6 Å². The van der Waals surface area contributed by atoms with E-state index >= 15 is 0 Å². The molecule has 124 valence electrons. The molecule has 0 saturated carbocycles. The second-order valence-corrected chi connectivity index (χ2v) is 6.77. The van der Waals surface area contributed by atoms with Crippen LogP contribution in [0.1, 0.15) is 44.4 Å². The second kappa shape index (κ2) is 6.44. The third kappa shape index (κ3) is 4.34. The second-order valence-electron chi connectivity index (χ2n) is 6.77. The number of ether oxygens (including phenoxy) is 1. The molecule has 1 aromatic carbocycles. The van der Waals surface area contributed by atoms with E-state index in [1.807, 2.05) is 39.0 Å². The van der Waals surface area contributed by atoms with Crippen molar-refractivity contribution >= 4 is 18.1 Å². The zero-order valence-electron chi connectivity index (χ0n) is 14.0. The first-order chi connectivity index (χ1) is 10.7. The maximum atomic E-state index is 12.2. The van der Waals surface area contributed by atoms with Gasteiger partial charge in [-0.2, -0.15) is 0 Å². The molecule has 0 fully saturated rings. The molecule has 1 aliphatic rings. The molecule has 1 amide bonds. The molecular weight excluding hydrogens is 294 g/mol. The zero-order chi connectivity index (χ0) is 17.2. The van der Waals surface area contributed by atoms with Gasteiger partial charge in [-0.15, -0.1) is 0 Å². The summed E-state index contributed by atoms with van der Waals surface area (Å²) in [6.07, 6.45) is 2.06. The van der Waals surface area contributed by atoms with Crippen molar-refractivity contribution in [3.8, 4) is 0 Å². The maximum absolute atomic E-state index is 12.2. The Labute approximate surface area is 136 Å². The average Bonchev–Trinajstić information content (AvgIpc) is 2.45. The Morgan fingerprint density at radius 3 is 2.61 bits per heavy atom. The van der Waals surface area contributed by atoms with Gasteiger partial charge >= 0.3 is 12.1 Å². The number of fused-ring (bicyclic) bond motifs is 1. The van der Waals surface area contributed by atoms with Crippen LogP contribution in [0.3, 0.4) is 0 Å². The molecule has 2 rings (SSSR count). The monoisotopic (exact) mass is 317 g/mol. The highest BCUT2D eigenvalue weighted by atomic mass is 16.6. The van der Waals surface area contributed by atoms with E-state index in [0.29, 0.717) is 25.1 Å². The molecule has 1 aliphatic heterocycles. The lowest BCUT2D eigenvalue weighted by Gasteiger charge is -2.31. The molecule has 23 heavy (non-hydrogen) atoms. The molecule has 0 radical (unpaired) electrons. The third-order valence-electron chi connectivity index (χ3n) is 3.66. The van der Waals surface area contributed by atoms with Crippen LogP contribution in [0, 0.1) is 0 Å². The lowest BCUT2D eigenvalue weighted by molar-refractivity contribution is -0.132. The fourth-order valence-electron chi connectivity index (χ4n) is 2.55. The molecule has 1 heterocycles. The number of hydrogen-bond donors (Lipinski definition) is 1. The molecule has 5 heteroatoms. The normalized spacial score (nSPS) is 15.1.